The zero-order valence-electron chi connectivity index (χ0n) is 16.4. The molecule has 0 bridgehead atoms. The lowest BCUT2D eigenvalue weighted by Crippen LogP contribution is -2.31. The molecule has 0 unspecified atom stereocenters. The van der Waals surface area contributed by atoms with E-state index in [1.807, 2.05) is 24.3 Å². The van der Waals surface area contributed by atoms with E-state index in [1.54, 1.807) is 10.7 Å². The second-order valence-electron chi connectivity index (χ2n) is 7.74. The molecule has 4 heterocycles. The third-order valence-electron chi connectivity index (χ3n) is 5.93. The van der Waals surface area contributed by atoms with Crippen LogP contribution in [0.15, 0.2) is 35.1 Å². The van der Waals surface area contributed by atoms with Crippen LogP contribution in [0.5, 0.6) is 23.0 Å². The molecule has 3 aliphatic heterocycles. The van der Waals surface area contributed by atoms with Gasteiger partial charge in [0.15, 0.2) is 23.0 Å². The minimum Gasteiger partial charge on any atom is -0.454 e. The second kappa shape index (κ2) is 6.91. The third kappa shape index (κ3) is 2.87. The van der Waals surface area contributed by atoms with Gasteiger partial charge in [0.1, 0.15) is 0 Å². The van der Waals surface area contributed by atoms with Crippen molar-refractivity contribution in [2.45, 2.75) is 19.4 Å². The number of aromatic nitrogens is 2. The van der Waals surface area contributed by atoms with E-state index in [-0.39, 0.29) is 19.1 Å². The molecule has 0 radical (unpaired) electrons. The highest BCUT2D eigenvalue weighted by Gasteiger charge is 2.22. The first kappa shape index (κ1) is 17.6. The Bertz CT molecular complexity index is 1200. The zero-order valence-corrected chi connectivity index (χ0v) is 16.4. The molecule has 6 rings (SSSR count). The van der Waals surface area contributed by atoms with Gasteiger partial charge < -0.3 is 23.8 Å². The van der Waals surface area contributed by atoms with Crippen LogP contribution >= 0.6 is 0 Å². The van der Waals surface area contributed by atoms with E-state index < -0.39 is 0 Å². The van der Waals surface area contributed by atoms with E-state index in [4.69, 9.17) is 24.0 Å². The van der Waals surface area contributed by atoms with E-state index in [2.05, 4.69) is 4.90 Å². The largest absolute Gasteiger partial charge is 0.454 e. The summed E-state index contributed by atoms with van der Waals surface area (Å²) < 4.78 is 23.6. The summed E-state index contributed by atoms with van der Waals surface area (Å²) in [5, 5.41) is 6.08. The Labute approximate surface area is 172 Å². The van der Waals surface area contributed by atoms with Crippen molar-refractivity contribution in [2.75, 3.05) is 33.2 Å². The summed E-state index contributed by atoms with van der Waals surface area (Å²) in [5.41, 5.74) is 1.45. The van der Waals surface area contributed by atoms with Crippen molar-refractivity contribution in [2.24, 2.45) is 0 Å². The van der Waals surface area contributed by atoms with Crippen LogP contribution in [0.4, 0.5) is 0 Å². The van der Waals surface area contributed by atoms with Gasteiger partial charge in [-0.2, -0.15) is 5.10 Å². The minimum atomic E-state index is -0.119. The van der Waals surface area contributed by atoms with E-state index in [0.29, 0.717) is 40.6 Å². The molecule has 1 aromatic heterocycles. The van der Waals surface area contributed by atoms with Crippen LogP contribution in [0.25, 0.3) is 22.0 Å². The summed E-state index contributed by atoms with van der Waals surface area (Å²) in [6.45, 7) is 3.87. The van der Waals surface area contributed by atoms with Crippen LogP contribution in [-0.4, -0.2) is 47.9 Å². The SMILES string of the molecule is O=c1c2cc3c(cc2c(-c2ccc4c(c2)OCO4)nn1CCN1CCCC1)OCO3. The van der Waals surface area contributed by atoms with Crippen LogP contribution in [0.1, 0.15) is 12.8 Å². The number of ether oxygens (including phenoxy) is 4. The summed E-state index contributed by atoms with van der Waals surface area (Å²) in [6.07, 6.45) is 2.43. The minimum absolute atomic E-state index is 0.119. The Balaban J connectivity index is 1.50. The molecular formula is C22H21N3O5. The first-order valence-corrected chi connectivity index (χ1v) is 10.2. The normalized spacial score (nSPS) is 17.2. The van der Waals surface area contributed by atoms with Gasteiger partial charge in [-0.05, 0) is 56.3 Å². The van der Waals surface area contributed by atoms with Gasteiger partial charge in [-0.15, -0.1) is 0 Å². The monoisotopic (exact) mass is 407 g/mol. The lowest BCUT2D eigenvalue weighted by atomic mass is 10.0. The average molecular weight is 407 g/mol. The Morgan fingerprint density at radius 1 is 0.800 bits per heavy atom. The molecular weight excluding hydrogens is 386 g/mol. The Kier molecular flexibility index (Phi) is 4.05. The molecule has 0 spiro atoms. The number of rotatable bonds is 4. The molecule has 3 aliphatic rings. The molecule has 30 heavy (non-hydrogen) atoms. The number of hydrogen-bond donors (Lipinski definition) is 0. The first-order chi connectivity index (χ1) is 14.8. The van der Waals surface area contributed by atoms with Crippen LogP contribution in [0.2, 0.25) is 0 Å². The van der Waals surface area contributed by atoms with Crippen LogP contribution < -0.4 is 24.5 Å². The third-order valence-corrected chi connectivity index (χ3v) is 5.93. The van der Waals surface area contributed by atoms with Gasteiger partial charge in [-0.25, -0.2) is 4.68 Å². The van der Waals surface area contributed by atoms with Gasteiger partial charge in [0, 0.05) is 17.5 Å². The van der Waals surface area contributed by atoms with Gasteiger partial charge in [0.2, 0.25) is 13.6 Å². The molecule has 154 valence electrons. The van der Waals surface area contributed by atoms with Gasteiger partial charge in [0.25, 0.3) is 5.56 Å². The Hall–Kier alpha value is -3.26. The van der Waals surface area contributed by atoms with Crippen molar-refractivity contribution >= 4 is 10.8 Å². The molecule has 0 amide bonds. The highest BCUT2D eigenvalue weighted by atomic mass is 16.7. The van der Waals surface area contributed by atoms with Crippen molar-refractivity contribution in [3.63, 3.8) is 0 Å². The number of hydrogen-bond acceptors (Lipinski definition) is 7. The molecule has 1 fully saturated rings. The maximum Gasteiger partial charge on any atom is 0.274 e. The lowest BCUT2D eigenvalue weighted by Gasteiger charge is -2.16. The summed E-state index contributed by atoms with van der Waals surface area (Å²) in [7, 11) is 0. The van der Waals surface area contributed by atoms with Crippen molar-refractivity contribution in [3.8, 4) is 34.3 Å². The van der Waals surface area contributed by atoms with Crippen LogP contribution in [0.3, 0.4) is 0 Å². The number of likely N-dealkylation sites (tertiary alicyclic amines) is 1. The molecule has 3 aromatic rings. The quantitative estimate of drug-likeness (QED) is 0.658. The summed E-state index contributed by atoms with van der Waals surface area (Å²) in [4.78, 5) is 15.6. The predicted molar refractivity (Wildman–Crippen MR) is 109 cm³/mol. The fourth-order valence-corrected chi connectivity index (χ4v) is 4.32. The molecule has 0 saturated carbocycles. The number of benzene rings is 2. The van der Waals surface area contributed by atoms with Crippen LogP contribution in [0, 0.1) is 0 Å². The molecule has 0 N–H and O–H groups in total. The predicted octanol–water partition coefficient (Wildman–Crippen LogP) is 2.62. The Morgan fingerprint density at radius 2 is 1.47 bits per heavy atom. The number of nitrogens with zero attached hydrogens (tertiary/aromatic N) is 3. The van der Waals surface area contributed by atoms with Gasteiger partial charge in [-0.3, -0.25) is 4.79 Å². The molecule has 1 saturated heterocycles. The molecule has 8 heteroatoms. The maximum atomic E-state index is 13.2. The van der Waals surface area contributed by atoms with Crippen LogP contribution in [-0.2, 0) is 6.54 Å². The van der Waals surface area contributed by atoms with E-state index >= 15 is 0 Å². The fraction of sp³-hybridized carbons (Fsp3) is 0.364. The van der Waals surface area contributed by atoms with Crippen molar-refractivity contribution < 1.29 is 18.9 Å². The Morgan fingerprint density at radius 3 is 2.23 bits per heavy atom. The molecule has 0 atom stereocenters. The van der Waals surface area contributed by atoms with Gasteiger partial charge in [0.05, 0.1) is 17.6 Å². The summed E-state index contributed by atoms with van der Waals surface area (Å²) in [6, 6.07) is 9.33. The van der Waals surface area contributed by atoms with Crippen molar-refractivity contribution in [1.82, 2.24) is 14.7 Å². The molecule has 2 aromatic carbocycles. The topological polar surface area (TPSA) is 75.1 Å². The zero-order chi connectivity index (χ0) is 20.1. The lowest BCUT2D eigenvalue weighted by molar-refractivity contribution is 0.173. The fourth-order valence-electron chi connectivity index (χ4n) is 4.32. The van der Waals surface area contributed by atoms with E-state index in [0.717, 1.165) is 30.6 Å². The first-order valence-electron chi connectivity index (χ1n) is 10.2. The standard InChI is InChI=1S/C22H21N3O5/c26-22-16-11-20-19(29-13-30-20)10-15(16)21(14-3-4-17-18(9-14)28-12-27-17)23-25(22)8-7-24-5-1-2-6-24/h3-4,9-11H,1-2,5-8,12-13H2. The highest BCUT2D eigenvalue weighted by molar-refractivity contribution is 5.96. The van der Waals surface area contributed by atoms with Gasteiger partial charge >= 0.3 is 0 Å². The van der Waals surface area contributed by atoms with E-state index in [9.17, 15) is 4.79 Å². The van der Waals surface area contributed by atoms with Gasteiger partial charge in [-0.1, -0.05) is 0 Å². The maximum absolute atomic E-state index is 13.2. The summed E-state index contributed by atoms with van der Waals surface area (Å²) >= 11 is 0. The molecule has 8 nitrogen and oxygen atoms in total. The average Bonchev–Trinajstić information content (AvgIpc) is 3.52. The smallest absolute Gasteiger partial charge is 0.274 e. The van der Waals surface area contributed by atoms with Crippen molar-refractivity contribution in [1.29, 1.82) is 0 Å². The van der Waals surface area contributed by atoms with E-state index in [1.165, 1.54) is 12.8 Å². The number of fused-ring (bicyclic) bond motifs is 3. The summed E-state index contributed by atoms with van der Waals surface area (Å²) in [5.74, 6) is 2.61. The second-order valence-corrected chi connectivity index (χ2v) is 7.74. The molecule has 0 aliphatic carbocycles. The van der Waals surface area contributed by atoms with Crippen molar-refractivity contribution in [3.05, 3.63) is 40.7 Å². The highest BCUT2D eigenvalue weighted by Crippen LogP contribution is 2.40.